The molecule has 0 fully saturated rings. The van der Waals surface area contributed by atoms with E-state index < -0.39 is 58.5 Å². The van der Waals surface area contributed by atoms with E-state index in [1.807, 2.05) is 0 Å². The highest BCUT2D eigenvalue weighted by Gasteiger charge is 2.72. The van der Waals surface area contributed by atoms with Crippen LogP contribution in [0.1, 0.15) is 33.4 Å². The Labute approximate surface area is 207 Å². The van der Waals surface area contributed by atoms with E-state index in [9.17, 15) is 43.9 Å². The van der Waals surface area contributed by atoms with E-state index in [2.05, 4.69) is 30.7 Å². The summed E-state index contributed by atoms with van der Waals surface area (Å²) in [4.78, 5) is 0. The lowest BCUT2D eigenvalue weighted by Gasteiger charge is -2.39. The van der Waals surface area contributed by atoms with Gasteiger partial charge in [-0.3, -0.25) is 9.11 Å². The van der Waals surface area contributed by atoms with Gasteiger partial charge in [0.15, 0.2) is 0 Å². The van der Waals surface area contributed by atoms with Crippen molar-refractivity contribution in [3.8, 4) is 11.5 Å². The highest BCUT2D eigenvalue weighted by atomic mass is 32.9. The van der Waals surface area contributed by atoms with Crippen LogP contribution >= 0.6 is 0 Å². The van der Waals surface area contributed by atoms with Gasteiger partial charge in [-0.2, -0.15) is 34.8 Å². The molecule has 0 saturated carbocycles. The number of hydrogen-bond donors (Lipinski definition) is 2. The number of hydrogen-bond acceptors (Lipinski definition) is 6. The number of aryl methyl sites for hydroxylation is 4. The second-order valence-corrected chi connectivity index (χ2v) is 12.2. The van der Waals surface area contributed by atoms with Crippen molar-refractivity contribution < 1.29 is 52.2 Å². The third-order valence-electron chi connectivity index (χ3n) is 5.01. The summed E-state index contributed by atoms with van der Waals surface area (Å²) in [6.07, 6.45) is -11.9. The molecule has 16 heteroatoms. The fraction of sp³-hybridized carbons (Fsp3) is 0.368. The predicted molar refractivity (Wildman–Crippen MR) is 122 cm³/mol. The predicted octanol–water partition coefficient (Wildman–Crippen LogP) is 5.36. The van der Waals surface area contributed by atoms with Crippen molar-refractivity contribution in [2.45, 2.75) is 45.5 Å². The maximum atomic E-state index is 14.5. The third-order valence-corrected chi connectivity index (χ3v) is 6.18. The summed E-state index contributed by atoms with van der Waals surface area (Å²) in [7, 11) is -8.58. The van der Waals surface area contributed by atoms with E-state index in [4.69, 9.17) is 0 Å². The van der Waals surface area contributed by atoms with Crippen molar-refractivity contribution in [2.75, 3.05) is 0 Å². The van der Waals surface area contributed by atoms with Gasteiger partial charge in [0.05, 0.1) is 22.4 Å². The number of rotatable bonds is 6. The van der Waals surface area contributed by atoms with Crippen LogP contribution in [0.5, 0.6) is 11.5 Å². The molecule has 2 aromatic rings. The molecule has 196 valence electrons. The lowest BCUT2D eigenvalue weighted by atomic mass is 9.71. The van der Waals surface area contributed by atoms with Crippen LogP contribution in [-0.4, -0.2) is 29.9 Å². The summed E-state index contributed by atoms with van der Waals surface area (Å²) in [5, 5.41) is 0. The van der Waals surface area contributed by atoms with Crippen LogP contribution in [-0.2, 0) is 45.9 Å². The molecule has 0 saturated heterocycles. The average molecular weight is 585 g/mol. The molecule has 2 unspecified atom stereocenters. The molecule has 0 heterocycles. The first-order chi connectivity index (χ1) is 15.5. The van der Waals surface area contributed by atoms with E-state index >= 15 is 0 Å². The molecule has 6 nitrogen and oxygen atoms in total. The van der Waals surface area contributed by atoms with Gasteiger partial charge in [-0.05, 0) is 61.1 Å². The molecule has 0 radical (unpaired) electrons. The Hall–Kier alpha value is -1.72. The van der Waals surface area contributed by atoms with Crippen LogP contribution < -0.4 is 8.37 Å². The standard InChI is InChI=1S/C19H18F6O6S4/c1-9-5-13(6-10(2)15(9)30-34(26,27)32)17(18(20,21)22,19(23,24)25)14-7-11(3)16(12(4)8-14)31-35(28,29)33/h5-8H,1-4H3,(H,26,27,32)(H,28,29,33). The highest BCUT2D eigenvalue weighted by molar-refractivity contribution is 8.27. The topological polar surface area (TPSA) is 93.1 Å². The van der Waals surface area contributed by atoms with E-state index in [-0.39, 0.29) is 22.3 Å². The van der Waals surface area contributed by atoms with Crippen LogP contribution in [0, 0.1) is 27.7 Å². The Morgan fingerprint density at radius 2 is 0.886 bits per heavy atom. The Kier molecular flexibility index (Phi) is 7.84. The maximum absolute atomic E-state index is 14.5. The minimum atomic E-state index is -5.93. The number of alkyl halides is 6. The molecule has 0 aliphatic heterocycles. The van der Waals surface area contributed by atoms with Crippen molar-refractivity contribution >= 4 is 40.5 Å². The fourth-order valence-corrected chi connectivity index (χ4v) is 5.14. The monoisotopic (exact) mass is 584 g/mol. The minimum Gasteiger partial charge on any atom is -0.381 e. The van der Waals surface area contributed by atoms with E-state index in [1.54, 1.807) is 0 Å². The SMILES string of the molecule is Cc1cc(C(c2cc(C)c(OS(=O)(O)=S)c(C)c2)(C(F)(F)F)C(F)(F)F)cc(C)c1OS(=O)(O)=S. The third kappa shape index (κ3) is 5.99. The number of benzene rings is 2. The van der Waals surface area contributed by atoms with Crippen molar-refractivity contribution in [1.82, 2.24) is 0 Å². The zero-order valence-electron chi connectivity index (χ0n) is 18.2. The molecule has 0 aliphatic carbocycles. The molecule has 0 aromatic heterocycles. The summed E-state index contributed by atoms with van der Waals surface area (Å²) >= 11 is 8.42. The smallest absolute Gasteiger partial charge is 0.381 e. The van der Waals surface area contributed by atoms with Crippen molar-refractivity contribution in [3.05, 3.63) is 57.6 Å². The molecular formula is C19H18F6O6S4. The summed E-state index contributed by atoms with van der Waals surface area (Å²) in [6, 6.07) is 2.18. The molecule has 0 amide bonds. The largest absolute Gasteiger partial charge is 0.411 e. The molecule has 2 rings (SSSR count). The van der Waals surface area contributed by atoms with Gasteiger partial charge in [0, 0.05) is 0 Å². The Bertz CT molecular complexity index is 1210. The molecule has 2 aromatic carbocycles. The minimum absolute atomic E-state index is 0.302. The average Bonchev–Trinajstić information content (AvgIpc) is 2.58. The van der Waals surface area contributed by atoms with Crippen LogP contribution in [0.15, 0.2) is 24.3 Å². The Morgan fingerprint density at radius 3 is 1.06 bits per heavy atom. The molecular weight excluding hydrogens is 566 g/mol. The van der Waals surface area contributed by atoms with Crippen molar-refractivity contribution in [1.29, 1.82) is 0 Å². The van der Waals surface area contributed by atoms with E-state index in [0.29, 0.717) is 24.3 Å². The van der Waals surface area contributed by atoms with Gasteiger partial charge >= 0.3 is 30.5 Å². The van der Waals surface area contributed by atoms with Gasteiger partial charge in [0.1, 0.15) is 11.5 Å². The van der Waals surface area contributed by atoms with Crippen LogP contribution in [0.3, 0.4) is 0 Å². The summed E-state index contributed by atoms with van der Waals surface area (Å²) in [5.41, 5.74) is -8.25. The van der Waals surface area contributed by atoms with Crippen LogP contribution in [0.25, 0.3) is 0 Å². The lowest BCUT2D eigenvalue weighted by molar-refractivity contribution is -0.288. The normalized spacial score (nSPS) is 16.3. The van der Waals surface area contributed by atoms with Gasteiger partial charge in [-0.15, -0.1) is 0 Å². The second-order valence-electron chi connectivity index (χ2n) is 7.65. The maximum Gasteiger partial charge on any atom is 0.411 e. The Morgan fingerprint density at radius 1 is 0.657 bits per heavy atom. The van der Waals surface area contributed by atoms with Crippen LogP contribution in [0.4, 0.5) is 26.3 Å². The highest BCUT2D eigenvalue weighted by Crippen LogP contribution is 2.57. The van der Waals surface area contributed by atoms with Crippen molar-refractivity contribution in [2.24, 2.45) is 0 Å². The number of halogens is 6. The zero-order chi connectivity index (χ0) is 27.4. The molecule has 2 atom stereocenters. The summed E-state index contributed by atoms with van der Waals surface area (Å²) < 4.78 is 138. The van der Waals surface area contributed by atoms with Crippen molar-refractivity contribution in [3.63, 3.8) is 0 Å². The van der Waals surface area contributed by atoms with Gasteiger partial charge < -0.3 is 8.37 Å². The first-order valence-electron chi connectivity index (χ1n) is 9.22. The van der Waals surface area contributed by atoms with Crippen LogP contribution in [0.2, 0.25) is 0 Å². The Balaban J connectivity index is 3.00. The quantitative estimate of drug-likeness (QED) is 0.439. The van der Waals surface area contributed by atoms with Gasteiger partial charge in [-0.1, -0.05) is 24.3 Å². The first-order valence-corrected chi connectivity index (χ1v) is 13.9. The summed E-state index contributed by atoms with van der Waals surface area (Å²) in [6.45, 7) is 4.38. The molecule has 0 aliphatic rings. The van der Waals surface area contributed by atoms with Gasteiger partial charge in [-0.25, -0.2) is 0 Å². The molecule has 0 spiro atoms. The van der Waals surface area contributed by atoms with E-state index in [1.165, 1.54) is 0 Å². The van der Waals surface area contributed by atoms with Gasteiger partial charge in [0.25, 0.3) is 0 Å². The van der Waals surface area contributed by atoms with E-state index in [0.717, 1.165) is 27.7 Å². The summed E-state index contributed by atoms with van der Waals surface area (Å²) in [5.74, 6) is -0.873. The molecule has 0 bridgehead atoms. The molecule has 35 heavy (non-hydrogen) atoms. The second kappa shape index (κ2) is 9.30. The molecule has 2 N–H and O–H groups in total. The van der Waals surface area contributed by atoms with Gasteiger partial charge in [0.2, 0.25) is 5.41 Å². The lowest BCUT2D eigenvalue weighted by Crippen LogP contribution is -2.55. The fourth-order valence-electron chi connectivity index (χ4n) is 3.79. The zero-order valence-corrected chi connectivity index (χ0v) is 21.5. The first kappa shape index (κ1) is 29.5.